The van der Waals surface area contributed by atoms with Crippen LogP contribution in [0.5, 0.6) is 0 Å². The smallest absolute Gasteiger partial charge is 0.410 e. The molecule has 0 spiro atoms. The first kappa shape index (κ1) is 30.5. The lowest BCUT2D eigenvalue weighted by Gasteiger charge is -2.27. The second-order valence-corrected chi connectivity index (χ2v) is 10.2. The van der Waals surface area contributed by atoms with Gasteiger partial charge in [-0.2, -0.15) is 10.5 Å². The molecule has 0 saturated carbocycles. The third-order valence-electron chi connectivity index (χ3n) is 4.65. The quantitative estimate of drug-likeness (QED) is 0.291. The van der Waals surface area contributed by atoms with E-state index in [1.807, 2.05) is 41.5 Å². The molecule has 0 bridgehead atoms. The number of carbonyl (C=O) groups is 2. The van der Waals surface area contributed by atoms with Gasteiger partial charge in [0.05, 0.1) is 25.0 Å². The van der Waals surface area contributed by atoms with Crippen molar-refractivity contribution in [2.45, 2.75) is 111 Å². The van der Waals surface area contributed by atoms with Gasteiger partial charge in [0, 0.05) is 26.2 Å². The molecular weight excluding hydrogens is 420 g/mol. The van der Waals surface area contributed by atoms with Gasteiger partial charge >= 0.3 is 12.2 Å². The molecule has 0 aliphatic rings. The van der Waals surface area contributed by atoms with E-state index < -0.39 is 11.2 Å². The van der Waals surface area contributed by atoms with Gasteiger partial charge in [-0.1, -0.05) is 32.1 Å². The molecule has 0 fully saturated rings. The van der Waals surface area contributed by atoms with E-state index >= 15 is 0 Å². The third-order valence-corrected chi connectivity index (χ3v) is 4.65. The number of hydrogen-bond donors (Lipinski definition) is 0. The maximum absolute atomic E-state index is 12.3. The summed E-state index contributed by atoms with van der Waals surface area (Å²) in [7, 11) is 0. The Hall–Kier alpha value is -2.48. The van der Waals surface area contributed by atoms with Crippen molar-refractivity contribution in [2.75, 3.05) is 26.2 Å². The Balaban J connectivity index is 4.15. The Kier molecular flexibility index (Phi) is 15.0. The minimum Gasteiger partial charge on any atom is -0.444 e. The molecule has 0 aromatic heterocycles. The van der Waals surface area contributed by atoms with Gasteiger partial charge in [0.1, 0.15) is 11.2 Å². The maximum atomic E-state index is 12.3. The highest BCUT2D eigenvalue weighted by Crippen LogP contribution is 2.14. The van der Waals surface area contributed by atoms with Crippen molar-refractivity contribution in [2.24, 2.45) is 0 Å². The number of unbranched alkanes of at least 4 members (excludes halogenated alkanes) is 6. The van der Waals surface area contributed by atoms with E-state index in [-0.39, 0.29) is 12.2 Å². The highest BCUT2D eigenvalue weighted by atomic mass is 16.6. The SMILES string of the molecule is CC(C)(C)OC(=O)N(CCC#N)CCCCCCCCCN(CCC#N)C(=O)OC(C)(C)C. The lowest BCUT2D eigenvalue weighted by atomic mass is 10.1. The fraction of sp³-hybridized carbons (Fsp3) is 0.840. The van der Waals surface area contributed by atoms with Gasteiger partial charge in [-0.25, -0.2) is 9.59 Å². The summed E-state index contributed by atoms with van der Waals surface area (Å²) in [5, 5.41) is 17.7. The molecule has 0 atom stereocenters. The van der Waals surface area contributed by atoms with Gasteiger partial charge in [-0.3, -0.25) is 0 Å². The van der Waals surface area contributed by atoms with E-state index in [9.17, 15) is 9.59 Å². The van der Waals surface area contributed by atoms with Crippen LogP contribution in [0.4, 0.5) is 9.59 Å². The number of nitriles is 2. The lowest BCUT2D eigenvalue weighted by Crippen LogP contribution is -2.38. The first-order valence-corrected chi connectivity index (χ1v) is 12.1. The van der Waals surface area contributed by atoms with Gasteiger partial charge in [0.25, 0.3) is 0 Å². The van der Waals surface area contributed by atoms with Gasteiger partial charge in [-0.05, 0) is 54.4 Å². The first-order valence-electron chi connectivity index (χ1n) is 12.1. The van der Waals surface area contributed by atoms with Crippen LogP contribution in [0.1, 0.15) is 99.3 Å². The van der Waals surface area contributed by atoms with Crippen LogP contribution in [0.25, 0.3) is 0 Å². The van der Waals surface area contributed by atoms with E-state index in [1.54, 1.807) is 9.80 Å². The van der Waals surface area contributed by atoms with E-state index in [1.165, 1.54) is 0 Å². The van der Waals surface area contributed by atoms with Gasteiger partial charge in [-0.15, -0.1) is 0 Å². The summed E-state index contributed by atoms with van der Waals surface area (Å²) in [5.41, 5.74) is -1.09. The van der Waals surface area contributed by atoms with Gasteiger partial charge in [0.15, 0.2) is 0 Å². The fourth-order valence-corrected chi connectivity index (χ4v) is 3.10. The number of rotatable bonds is 14. The van der Waals surface area contributed by atoms with Gasteiger partial charge in [0.2, 0.25) is 0 Å². The number of carbonyl (C=O) groups excluding carboxylic acids is 2. The molecule has 0 N–H and O–H groups in total. The second-order valence-electron chi connectivity index (χ2n) is 10.2. The predicted octanol–water partition coefficient (Wildman–Crippen LogP) is 6.02. The number of ether oxygens (including phenoxy) is 2. The van der Waals surface area contributed by atoms with Crippen LogP contribution in [-0.4, -0.2) is 59.4 Å². The zero-order valence-corrected chi connectivity index (χ0v) is 21.6. The van der Waals surface area contributed by atoms with Crippen molar-refractivity contribution in [3.8, 4) is 12.1 Å². The zero-order chi connectivity index (χ0) is 25.3. The van der Waals surface area contributed by atoms with E-state index in [0.29, 0.717) is 39.0 Å². The number of hydrogen-bond acceptors (Lipinski definition) is 6. The molecule has 0 aromatic carbocycles. The van der Waals surface area contributed by atoms with Crippen molar-refractivity contribution >= 4 is 12.2 Å². The average molecular weight is 465 g/mol. The molecular formula is C25H44N4O4. The molecule has 2 amide bonds. The highest BCUT2D eigenvalue weighted by molar-refractivity contribution is 5.68. The van der Waals surface area contributed by atoms with Crippen molar-refractivity contribution in [1.29, 1.82) is 10.5 Å². The Labute approximate surface area is 200 Å². The van der Waals surface area contributed by atoms with Crippen LogP contribution >= 0.6 is 0 Å². The molecule has 0 saturated heterocycles. The summed E-state index contributed by atoms with van der Waals surface area (Å²) < 4.78 is 10.9. The molecule has 0 rings (SSSR count). The van der Waals surface area contributed by atoms with E-state index in [2.05, 4.69) is 12.1 Å². The van der Waals surface area contributed by atoms with Crippen LogP contribution in [0.2, 0.25) is 0 Å². The van der Waals surface area contributed by atoms with Crippen LogP contribution in [0, 0.1) is 22.7 Å². The first-order chi connectivity index (χ1) is 15.4. The Bertz CT molecular complexity index is 597. The molecule has 188 valence electrons. The summed E-state index contributed by atoms with van der Waals surface area (Å²) in [4.78, 5) is 27.8. The molecule has 0 aliphatic heterocycles. The Morgan fingerprint density at radius 1 is 0.606 bits per heavy atom. The standard InChI is InChI=1S/C25H44N4O4/c1-24(2,3)32-22(30)28(20-14-16-26)18-12-10-8-7-9-11-13-19-29(21-15-17-27)23(31)33-25(4,5)6/h7-15,18-21H2,1-6H3. The normalized spacial score (nSPS) is 11.3. The highest BCUT2D eigenvalue weighted by Gasteiger charge is 2.22. The molecule has 33 heavy (non-hydrogen) atoms. The predicted molar refractivity (Wildman–Crippen MR) is 128 cm³/mol. The van der Waals surface area contributed by atoms with Crippen molar-refractivity contribution < 1.29 is 19.1 Å². The molecule has 0 aromatic rings. The summed E-state index contributed by atoms with van der Waals surface area (Å²) in [6.45, 7) is 13.0. The molecule has 0 unspecified atom stereocenters. The van der Waals surface area contributed by atoms with Crippen LogP contribution < -0.4 is 0 Å². The number of amides is 2. The molecule has 8 heteroatoms. The molecule has 8 nitrogen and oxygen atoms in total. The minimum absolute atomic E-state index is 0.300. The van der Waals surface area contributed by atoms with E-state index in [4.69, 9.17) is 20.0 Å². The summed E-state index contributed by atoms with van der Waals surface area (Å²) in [6.07, 6.45) is 6.91. The van der Waals surface area contributed by atoms with Crippen molar-refractivity contribution in [3.05, 3.63) is 0 Å². The largest absolute Gasteiger partial charge is 0.444 e. The van der Waals surface area contributed by atoms with Crippen molar-refractivity contribution in [1.82, 2.24) is 9.80 Å². The number of nitrogens with zero attached hydrogens (tertiary/aromatic N) is 4. The Morgan fingerprint density at radius 2 is 0.909 bits per heavy atom. The summed E-state index contributed by atoms with van der Waals surface area (Å²) >= 11 is 0. The van der Waals surface area contributed by atoms with Crippen LogP contribution in [0.15, 0.2) is 0 Å². The molecule has 0 heterocycles. The topological polar surface area (TPSA) is 107 Å². The summed E-state index contributed by atoms with van der Waals surface area (Å²) in [5.74, 6) is 0. The monoisotopic (exact) mass is 464 g/mol. The van der Waals surface area contributed by atoms with Crippen molar-refractivity contribution in [3.63, 3.8) is 0 Å². The van der Waals surface area contributed by atoms with E-state index in [0.717, 1.165) is 44.9 Å². The lowest BCUT2D eigenvalue weighted by molar-refractivity contribution is 0.0241. The molecule has 0 radical (unpaired) electrons. The van der Waals surface area contributed by atoms with Crippen LogP contribution in [-0.2, 0) is 9.47 Å². The third kappa shape index (κ3) is 17.7. The fourth-order valence-electron chi connectivity index (χ4n) is 3.10. The average Bonchev–Trinajstić information content (AvgIpc) is 2.68. The maximum Gasteiger partial charge on any atom is 0.410 e. The minimum atomic E-state index is -0.546. The second kappa shape index (κ2) is 16.2. The van der Waals surface area contributed by atoms with Crippen LogP contribution in [0.3, 0.4) is 0 Å². The summed E-state index contributed by atoms with van der Waals surface area (Å²) in [6, 6.07) is 4.17. The Morgan fingerprint density at radius 3 is 1.18 bits per heavy atom. The molecule has 0 aliphatic carbocycles. The zero-order valence-electron chi connectivity index (χ0n) is 21.6. The van der Waals surface area contributed by atoms with Gasteiger partial charge < -0.3 is 19.3 Å².